The molecule has 0 saturated carbocycles. The summed E-state index contributed by atoms with van der Waals surface area (Å²) in [5.74, 6) is 0.000789. The average molecular weight is 1260 g/mol. The Morgan fingerprint density at radius 3 is 0.685 bits per heavy atom. The molecule has 6 heteroatoms. The molecular weight excluding hydrogens is 1090 g/mol. The summed E-state index contributed by atoms with van der Waals surface area (Å²) in [6.07, 6.45) is 99.3. The zero-order chi connectivity index (χ0) is 64.2. The molecule has 2 unspecified atom stereocenters. The van der Waals surface area contributed by atoms with Gasteiger partial charge in [-0.1, -0.05) is 457 Å². The van der Waals surface area contributed by atoms with Crippen molar-refractivity contribution < 1.29 is 24.5 Å². The third-order valence-corrected chi connectivity index (χ3v) is 20.2. The van der Waals surface area contributed by atoms with E-state index in [0.717, 1.165) is 38.5 Å². The highest BCUT2D eigenvalue weighted by Crippen LogP contribution is 2.21. The molecule has 1 amide bonds. The molecule has 0 radical (unpaired) electrons. The van der Waals surface area contributed by atoms with E-state index in [1.165, 1.54) is 424 Å². The fourth-order valence-corrected chi connectivity index (χ4v) is 13.8. The Kier molecular flexibility index (Phi) is 78.3. The second kappa shape index (κ2) is 79.3. The number of amides is 1. The topological polar surface area (TPSA) is 95.9 Å². The Balaban J connectivity index is 3.32. The fourth-order valence-electron chi connectivity index (χ4n) is 13.8. The maximum atomic E-state index is 12.6. The molecule has 89 heavy (non-hydrogen) atoms. The van der Waals surface area contributed by atoms with Gasteiger partial charge in [-0.25, -0.2) is 0 Å². The molecule has 0 rings (SSSR count). The number of rotatable bonds is 80. The number of hydrogen-bond acceptors (Lipinski definition) is 5. The number of esters is 1. The lowest BCUT2D eigenvalue weighted by Gasteiger charge is -2.22. The van der Waals surface area contributed by atoms with Crippen LogP contribution in [0.1, 0.15) is 495 Å². The van der Waals surface area contributed by atoms with Crippen LogP contribution in [0.4, 0.5) is 0 Å². The second-order valence-electron chi connectivity index (χ2n) is 29.2. The number of carbonyl (C=O) groups is 2. The zero-order valence-electron chi connectivity index (χ0n) is 61.2. The van der Waals surface area contributed by atoms with Crippen LogP contribution < -0.4 is 5.32 Å². The minimum atomic E-state index is -0.663. The SMILES string of the molecule is CCCCCCCCCCCCCCCCCCCCCCCCCCCC(O)C(CO)NC(=O)CCCCCCCCCCCCCCCCCCCCCCCCCCCCCCOC(=O)CCCCCCCCCCCCCCCCCCCCC. The Hall–Kier alpha value is -1.14. The summed E-state index contributed by atoms with van der Waals surface area (Å²) in [5, 5.41) is 23.5. The molecule has 0 aromatic heterocycles. The molecule has 0 saturated heterocycles. The lowest BCUT2D eigenvalue weighted by atomic mass is 10.0. The molecule has 3 N–H and O–H groups in total. The summed E-state index contributed by atoms with van der Waals surface area (Å²) in [6, 6.07) is -0.540. The van der Waals surface area contributed by atoms with E-state index in [-0.39, 0.29) is 18.5 Å². The standard InChI is InChI=1S/C83H165NO5/c1-3-5-7-9-11-13-15-17-19-21-23-24-25-30-33-36-40-43-47-51-55-59-63-67-71-75-81(86)80(79-85)84-82(87)76-72-68-64-60-56-52-48-44-41-37-34-31-28-26-27-29-32-35-38-42-46-50-54-58-62-66-70-74-78-89-83(88)77-73-69-65-61-57-53-49-45-39-22-20-18-16-14-12-10-8-6-4-2/h80-81,85-86H,3-79H2,1-2H3,(H,84,87). The van der Waals surface area contributed by atoms with Crippen molar-refractivity contribution in [1.29, 1.82) is 0 Å². The molecule has 0 aliphatic heterocycles. The van der Waals surface area contributed by atoms with Gasteiger partial charge in [0.2, 0.25) is 5.91 Å². The van der Waals surface area contributed by atoms with Crippen LogP contribution in [0.25, 0.3) is 0 Å². The molecule has 2 atom stereocenters. The molecule has 0 spiro atoms. The predicted molar refractivity (Wildman–Crippen MR) is 394 cm³/mol. The summed E-state index contributed by atoms with van der Waals surface area (Å²) in [5.41, 5.74) is 0. The van der Waals surface area contributed by atoms with E-state index in [4.69, 9.17) is 4.74 Å². The molecule has 0 aliphatic carbocycles. The maximum absolute atomic E-state index is 12.6. The molecule has 0 aromatic carbocycles. The average Bonchev–Trinajstić information content (AvgIpc) is 3.59. The van der Waals surface area contributed by atoms with Crippen LogP contribution in [0.2, 0.25) is 0 Å². The summed E-state index contributed by atoms with van der Waals surface area (Å²) >= 11 is 0. The quantitative estimate of drug-likeness (QED) is 0.0417. The van der Waals surface area contributed by atoms with E-state index in [1.807, 2.05) is 0 Å². The Bertz CT molecular complexity index is 1310. The minimum absolute atomic E-state index is 0.0248. The van der Waals surface area contributed by atoms with Gasteiger partial charge >= 0.3 is 5.97 Å². The molecule has 532 valence electrons. The van der Waals surface area contributed by atoms with Crippen molar-refractivity contribution in [2.75, 3.05) is 13.2 Å². The number of ether oxygens (including phenoxy) is 1. The minimum Gasteiger partial charge on any atom is -0.466 e. The smallest absolute Gasteiger partial charge is 0.305 e. The van der Waals surface area contributed by atoms with Crippen LogP contribution in [0, 0.1) is 0 Å². The molecular formula is C83H165NO5. The van der Waals surface area contributed by atoms with E-state index >= 15 is 0 Å². The van der Waals surface area contributed by atoms with Crippen LogP contribution in [-0.2, 0) is 14.3 Å². The Morgan fingerprint density at radius 2 is 0.461 bits per heavy atom. The lowest BCUT2D eigenvalue weighted by molar-refractivity contribution is -0.143. The first-order chi connectivity index (χ1) is 44.0. The maximum Gasteiger partial charge on any atom is 0.305 e. The molecule has 0 fully saturated rings. The van der Waals surface area contributed by atoms with Crippen molar-refractivity contribution in [1.82, 2.24) is 5.32 Å². The molecule has 0 bridgehead atoms. The van der Waals surface area contributed by atoms with Crippen molar-refractivity contribution in [3.63, 3.8) is 0 Å². The van der Waals surface area contributed by atoms with E-state index in [1.54, 1.807) is 0 Å². The van der Waals surface area contributed by atoms with Gasteiger partial charge in [-0.05, 0) is 25.7 Å². The predicted octanol–water partition coefficient (Wildman–Crippen LogP) is 27.7. The zero-order valence-corrected chi connectivity index (χ0v) is 61.2. The van der Waals surface area contributed by atoms with Crippen molar-refractivity contribution >= 4 is 11.9 Å². The van der Waals surface area contributed by atoms with Crippen LogP contribution in [0.5, 0.6) is 0 Å². The van der Waals surface area contributed by atoms with Gasteiger partial charge in [-0.3, -0.25) is 9.59 Å². The lowest BCUT2D eigenvalue weighted by Crippen LogP contribution is -2.45. The summed E-state index contributed by atoms with van der Waals surface area (Å²) in [4.78, 5) is 24.7. The van der Waals surface area contributed by atoms with Gasteiger partial charge < -0.3 is 20.3 Å². The number of nitrogens with one attached hydrogen (secondary N) is 1. The largest absolute Gasteiger partial charge is 0.466 e. The van der Waals surface area contributed by atoms with Gasteiger partial charge in [0.05, 0.1) is 25.4 Å². The van der Waals surface area contributed by atoms with Crippen LogP contribution in [0.3, 0.4) is 0 Å². The molecule has 6 nitrogen and oxygen atoms in total. The summed E-state index contributed by atoms with van der Waals surface area (Å²) in [6.45, 7) is 5.03. The van der Waals surface area contributed by atoms with E-state index < -0.39 is 12.1 Å². The molecule has 0 aliphatic rings. The Morgan fingerprint density at radius 1 is 0.270 bits per heavy atom. The number of aliphatic hydroxyl groups excluding tert-OH is 2. The third-order valence-electron chi connectivity index (χ3n) is 20.2. The van der Waals surface area contributed by atoms with Gasteiger partial charge in [0.25, 0.3) is 0 Å². The third kappa shape index (κ3) is 75.8. The van der Waals surface area contributed by atoms with Gasteiger partial charge in [-0.2, -0.15) is 0 Å². The number of aliphatic hydroxyl groups is 2. The highest BCUT2D eigenvalue weighted by molar-refractivity contribution is 5.76. The van der Waals surface area contributed by atoms with Crippen molar-refractivity contribution in [3.05, 3.63) is 0 Å². The monoisotopic (exact) mass is 1260 g/mol. The first kappa shape index (κ1) is 87.9. The molecule has 0 aromatic rings. The van der Waals surface area contributed by atoms with Crippen molar-refractivity contribution in [2.45, 2.75) is 508 Å². The normalized spacial score (nSPS) is 12.4. The number of unbranched alkanes of at least 4 members (excludes halogenated alkanes) is 69. The fraction of sp³-hybridized carbons (Fsp3) is 0.976. The van der Waals surface area contributed by atoms with Gasteiger partial charge in [0, 0.05) is 12.8 Å². The van der Waals surface area contributed by atoms with Gasteiger partial charge in [0.1, 0.15) is 0 Å². The van der Waals surface area contributed by atoms with Crippen LogP contribution in [0.15, 0.2) is 0 Å². The van der Waals surface area contributed by atoms with E-state index in [9.17, 15) is 19.8 Å². The van der Waals surface area contributed by atoms with Crippen molar-refractivity contribution in [3.8, 4) is 0 Å². The molecule has 0 heterocycles. The highest BCUT2D eigenvalue weighted by atomic mass is 16.5. The first-order valence-corrected chi connectivity index (χ1v) is 41.8. The first-order valence-electron chi connectivity index (χ1n) is 41.8. The van der Waals surface area contributed by atoms with Crippen LogP contribution >= 0.6 is 0 Å². The van der Waals surface area contributed by atoms with Gasteiger partial charge in [-0.15, -0.1) is 0 Å². The van der Waals surface area contributed by atoms with Crippen LogP contribution in [-0.4, -0.2) is 47.4 Å². The van der Waals surface area contributed by atoms with Gasteiger partial charge in [0.15, 0.2) is 0 Å². The summed E-state index contributed by atoms with van der Waals surface area (Å²) in [7, 11) is 0. The second-order valence-corrected chi connectivity index (χ2v) is 29.2. The Labute approximate surface area is 559 Å². The number of hydrogen-bond donors (Lipinski definition) is 3. The number of carbonyl (C=O) groups excluding carboxylic acids is 2. The summed E-state index contributed by atoms with van der Waals surface area (Å²) < 4.78 is 5.52. The van der Waals surface area contributed by atoms with Crippen molar-refractivity contribution in [2.24, 2.45) is 0 Å². The van der Waals surface area contributed by atoms with E-state index in [2.05, 4.69) is 19.2 Å². The highest BCUT2D eigenvalue weighted by Gasteiger charge is 2.20. The van der Waals surface area contributed by atoms with E-state index in [0.29, 0.717) is 25.9 Å².